The molecule has 3 heteroatoms. The maximum atomic E-state index is 5.65. The Balaban J connectivity index is 2.48. The van der Waals surface area contributed by atoms with Crippen molar-refractivity contribution < 1.29 is 4.42 Å². The van der Waals surface area contributed by atoms with Gasteiger partial charge in [-0.2, -0.15) is 0 Å². The van der Waals surface area contributed by atoms with Crippen LogP contribution in [0.1, 0.15) is 5.69 Å². The van der Waals surface area contributed by atoms with E-state index >= 15 is 0 Å². The summed E-state index contributed by atoms with van der Waals surface area (Å²) in [5.74, 6) is 0. The number of pyridine rings is 1. The number of benzene rings is 1. The molecule has 2 heterocycles. The molecule has 0 saturated carbocycles. The van der Waals surface area contributed by atoms with Crippen molar-refractivity contribution in [1.29, 1.82) is 0 Å². The first-order chi connectivity index (χ1) is 7.38. The lowest BCUT2D eigenvalue weighted by molar-refractivity contribution is 0.616. The molecule has 0 aliphatic rings. The Morgan fingerprint density at radius 2 is 2.13 bits per heavy atom. The van der Waals surface area contributed by atoms with E-state index in [1.54, 1.807) is 12.5 Å². The molecule has 0 spiro atoms. The monoisotopic (exact) mass is 198 g/mol. The number of furan rings is 1. The Bertz CT molecular complexity index is 628. The third-order valence-corrected chi connectivity index (χ3v) is 2.61. The molecular weight excluding hydrogens is 188 g/mol. The Hall–Kier alpha value is -1.87. The molecule has 3 nitrogen and oxygen atoms in total. The molecule has 2 N–H and O–H groups in total. The normalized spacial score (nSPS) is 11.3. The van der Waals surface area contributed by atoms with Crippen LogP contribution in [-0.4, -0.2) is 4.98 Å². The SMILES string of the molecule is NCc1nccc2cc3occc3cc12. The fourth-order valence-electron chi connectivity index (χ4n) is 1.85. The molecule has 0 fully saturated rings. The van der Waals surface area contributed by atoms with Crippen molar-refractivity contribution in [2.45, 2.75) is 6.54 Å². The summed E-state index contributed by atoms with van der Waals surface area (Å²) in [6, 6.07) is 8.01. The van der Waals surface area contributed by atoms with Gasteiger partial charge in [0.25, 0.3) is 0 Å². The van der Waals surface area contributed by atoms with Crippen molar-refractivity contribution in [3.05, 3.63) is 42.4 Å². The smallest absolute Gasteiger partial charge is 0.134 e. The van der Waals surface area contributed by atoms with Crippen molar-refractivity contribution in [2.75, 3.05) is 0 Å². The molecule has 0 amide bonds. The number of hydrogen-bond donors (Lipinski definition) is 1. The Morgan fingerprint density at radius 3 is 3.00 bits per heavy atom. The Kier molecular flexibility index (Phi) is 1.73. The van der Waals surface area contributed by atoms with Gasteiger partial charge in [0.2, 0.25) is 0 Å². The summed E-state index contributed by atoms with van der Waals surface area (Å²) in [7, 11) is 0. The molecule has 0 unspecified atom stereocenters. The average molecular weight is 198 g/mol. The van der Waals surface area contributed by atoms with Crippen molar-refractivity contribution in [3.63, 3.8) is 0 Å². The molecule has 15 heavy (non-hydrogen) atoms. The van der Waals surface area contributed by atoms with Crippen molar-refractivity contribution >= 4 is 21.7 Å². The van der Waals surface area contributed by atoms with E-state index in [1.807, 2.05) is 18.2 Å². The summed E-state index contributed by atoms with van der Waals surface area (Å²) in [4.78, 5) is 4.26. The molecule has 74 valence electrons. The third kappa shape index (κ3) is 1.21. The Morgan fingerprint density at radius 1 is 1.20 bits per heavy atom. The lowest BCUT2D eigenvalue weighted by atomic mass is 10.1. The van der Waals surface area contributed by atoms with E-state index < -0.39 is 0 Å². The summed E-state index contributed by atoms with van der Waals surface area (Å²) < 4.78 is 5.35. The first-order valence-corrected chi connectivity index (χ1v) is 4.83. The van der Waals surface area contributed by atoms with Gasteiger partial charge in [-0.05, 0) is 29.7 Å². The van der Waals surface area contributed by atoms with Crippen molar-refractivity contribution in [3.8, 4) is 0 Å². The predicted octanol–water partition coefficient (Wildman–Crippen LogP) is 2.44. The number of hydrogen-bond acceptors (Lipinski definition) is 3. The number of nitrogens with zero attached hydrogens (tertiary/aromatic N) is 1. The first-order valence-electron chi connectivity index (χ1n) is 4.83. The fourth-order valence-corrected chi connectivity index (χ4v) is 1.85. The van der Waals surface area contributed by atoms with Gasteiger partial charge < -0.3 is 10.2 Å². The van der Waals surface area contributed by atoms with Gasteiger partial charge in [-0.15, -0.1) is 0 Å². The van der Waals surface area contributed by atoms with E-state index in [0.717, 1.165) is 27.4 Å². The standard InChI is InChI=1S/C12H10N2O/c13-7-11-10-5-9-2-4-15-12(9)6-8(10)1-3-14-11/h1-6H,7,13H2. The van der Waals surface area contributed by atoms with Crippen LogP contribution < -0.4 is 5.73 Å². The van der Waals surface area contributed by atoms with E-state index in [4.69, 9.17) is 10.2 Å². The highest BCUT2D eigenvalue weighted by molar-refractivity contribution is 5.96. The lowest BCUT2D eigenvalue weighted by Gasteiger charge is -2.02. The average Bonchev–Trinajstić information content (AvgIpc) is 2.72. The van der Waals surface area contributed by atoms with Gasteiger partial charge in [0.1, 0.15) is 5.58 Å². The van der Waals surface area contributed by atoms with Crippen LogP contribution in [0.15, 0.2) is 41.1 Å². The fraction of sp³-hybridized carbons (Fsp3) is 0.0833. The van der Waals surface area contributed by atoms with Gasteiger partial charge >= 0.3 is 0 Å². The first kappa shape index (κ1) is 8.44. The number of rotatable bonds is 1. The molecule has 3 rings (SSSR count). The molecule has 1 aromatic carbocycles. The second-order valence-corrected chi connectivity index (χ2v) is 3.49. The van der Waals surface area contributed by atoms with Gasteiger partial charge in [-0.25, -0.2) is 0 Å². The van der Waals surface area contributed by atoms with Gasteiger partial charge in [-0.1, -0.05) is 0 Å². The molecule has 2 aromatic heterocycles. The summed E-state index contributed by atoms with van der Waals surface area (Å²) >= 11 is 0. The van der Waals surface area contributed by atoms with Crippen molar-refractivity contribution in [2.24, 2.45) is 5.73 Å². The quantitative estimate of drug-likeness (QED) is 0.653. The molecule has 0 bridgehead atoms. The highest BCUT2D eigenvalue weighted by Gasteiger charge is 2.04. The number of fused-ring (bicyclic) bond motifs is 2. The number of aromatic nitrogens is 1. The van der Waals surface area contributed by atoms with Gasteiger partial charge in [0.15, 0.2) is 0 Å². The number of nitrogens with two attached hydrogens (primary N) is 1. The Labute approximate surface area is 86.5 Å². The van der Waals surface area contributed by atoms with E-state index in [2.05, 4.69) is 11.1 Å². The third-order valence-electron chi connectivity index (χ3n) is 2.61. The minimum absolute atomic E-state index is 0.459. The maximum Gasteiger partial charge on any atom is 0.134 e. The molecular formula is C12H10N2O. The predicted molar refractivity (Wildman–Crippen MR) is 59.4 cm³/mol. The minimum Gasteiger partial charge on any atom is -0.464 e. The van der Waals surface area contributed by atoms with E-state index in [9.17, 15) is 0 Å². The molecule has 0 saturated heterocycles. The summed E-state index contributed by atoms with van der Waals surface area (Å²) in [5, 5.41) is 3.31. The lowest BCUT2D eigenvalue weighted by Crippen LogP contribution is -1.99. The second kappa shape index (κ2) is 3.07. The zero-order valence-electron chi connectivity index (χ0n) is 8.10. The van der Waals surface area contributed by atoms with E-state index in [0.29, 0.717) is 6.54 Å². The maximum absolute atomic E-state index is 5.65. The molecule has 0 radical (unpaired) electrons. The zero-order chi connectivity index (χ0) is 10.3. The highest BCUT2D eigenvalue weighted by Crippen LogP contribution is 2.24. The van der Waals surface area contributed by atoms with Crippen LogP contribution in [-0.2, 0) is 6.54 Å². The molecule has 3 aromatic rings. The van der Waals surface area contributed by atoms with Crippen LogP contribution in [0, 0.1) is 0 Å². The van der Waals surface area contributed by atoms with Crippen LogP contribution in [0.5, 0.6) is 0 Å². The zero-order valence-corrected chi connectivity index (χ0v) is 8.10. The molecule has 0 aliphatic heterocycles. The summed E-state index contributed by atoms with van der Waals surface area (Å²) in [6.07, 6.45) is 3.47. The van der Waals surface area contributed by atoms with Crippen LogP contribution >= 0.6 is 0 Å². The summed E-state index contributed by atoms with van der Waals surface area (Å²) in [5.41, 5.74) is 7.48. The molecule has 0 atom stereocenters. The summed E-state index contributed by atoms with van der Waals surface area (Å²) in [6.45, 7) is 0.459. The van der Waals surface area contributed by atoms with E-state index in [1.165, 1.54) is 0 Å². The van der Waals surface area contributed by atoms with Crippen LogP contribution in [0.25, 0.3) is 21.7 Å². The second-order valence-electron chi connectivity index (χ2n) is 3.49. The van der Waals surface area contributed by atoms with Crippen molar-refractivity contribution in [1.82, 2.24) is 4.98 Å². The van der Waals surface area contributed by atoms with Crippen LogP contribution in [0.4, 0.5) is 0 Å². The highest BCUT2D eigenvalue weighted by atomic mass is 16.3. The van der Waals surface area contributed by atoms with Crippen LogP contribution in [0.3, 0.4) is 0 Å². The van der Waals surface area contributed by atoms with E-state index in [-0.39, 0.29) is 0 Å². The topological polar surface area (TPSA) is 52.0 Å². The van der Waals surface area contributed by atoms with Gasteiger partial charge in [-0.3, -0.25) is 4.98 Å². The largest absolute Gasteiger partial charge is 0.464 e. The minimum atomic E-state index is 0.459. The van der Waals surface area contributed by atoms with Gasteiger partial charge in [0, 0.05) is 23.5 Å². The molecule has 0 aliphatic carbocycles. The van der Waals surface area contributed by atoms with Gasteiger partial charge in [0.05, 0.1) is 12.0 Å². The van der Waals surface area contributed by atoms with Crippen LogP contribution in [0.2, 0.25) is 0 Å².